The molecule has 22 heavy (non-hydrogen) atoms. The molecule has 5 nitrogen and oxygen atoms in total. The molecule has 0 aliphatic carbocycles. The molecule has 0 bridgehead atoms. The second-order valence-electron chi connectivity index (χ2n) is 5.93. The molecule has 1 saturated heterocycles. The molecule has 1 fully saturated rings. The van der Waals surface area contributed by atoms with Crippen molar-refractivity contribution in [2.75, 3.05) is 18.4 Å². The van der Waals surface area contributed by atoms with E-state index in [-0.39, 0.29) is 5.91 Å². The van der Waals surface area contributed by atoms with Gasteiger partial charge >= 0.3 is 0 Å². The van der Waals surface area contributed by atoms with Crippen molar-refractivity contribution < 1.29 is 4.79 Å². The number of anilines is 1. The van der Waals surface area contributed by atoms with Gasteiger partial charge < -0.3 is 5.32 Å². The van der Waals surface area contributed by atoms with Crippen LogP contribution in [0.15, 0.2) is 30.3 Å². The fourth-order valence-corrected chi connectivity index (χ4v) is 2.85. The fraction of sp³-hybridized carbons (Fsp3) is 0.412. The van der Waals surface area contributed by atoms with E-state index in [0.717, 1.165) is 17.9 Å². The molecule has 1 amide bonds. The van der Waals surface area contributed by atoms with Gasteiger partial charge in [0.2, 0.25) is 0 Å². The molecule has 0 saturated carbocycles. The van der Waals surface area contributed by atoms with Crippen molar-refractivity contribution in [3.8, 4) is 0 Å². The van der Waals surface area contributed by atoms with Crippen LogP contribution in [0.4, 0.5) is 5.69 Å². The third-order valence-corrected chi connectivity index (χ3v) is 3.98. The van der Waals surface area contributed by atoms with Gasteiger partial charge in [-0.1, -0.05) is 18.6 Å². The number of aromatic nitrogens is 2. The summed E-state index contributed by atoms with van der Waals surface area (Å²) in [6.45, 7) is 5.17. The highest BCUT2D eigenvalue weighted by Crippen LogP contribution is 2.16. The lowest BCUT2D eigenvalue weighted by Crippen LogP contribution is -2.29. The maximum Gasteiger partial charge on any atom is 0.276 e. The summed E-state index contributed by atoms with van der Waals surface area (Å²) in [6.07, 6.45) is 3.92. The minimum Gasteiger partial charge on any atom is -0.321 e. The first-order valence-corrected chi connectivity index (χ1v) is 7.85. The summed E-state index contributed by atoms with van der Waals surface area (Å²) in [4.78, 5) is 14.6. The number of carbonyl (C=O) groups is 1. The van der Waals surface area contributed by atoms with Crippen LogP contribution >= 0.6 is 0 Å². The summed E-state index contributed by atoms with van der Waals surface area (Å²) in [5, 5.41) is 9.68. The lowest BCUT2D eigenvalue weighted by Gasteiger charge is -2.26. The zero-order chi connectivity index (χ0) is 15.4. The molecule has 0 radical (unpaired) electrons. The van der Waals surface area contributed by atoms with Crippen LogP contribution < -0.4 is 5.32 Å². The van der Waals surface area contributed by atoms with Crippen molar-refractivity contribution in [1.29, 1.82) is 0 Å². The molecule has 0 spiro atoms. The topological polar surface area (TPSA) is 61.0 Å². The molecule has 2 aromatic rings. The van der Waals surface area contributed by atoms with Gasteiger partial charge in [-0.05, 0) is 56.6 Å². The predicted molar refractivity (Wildman–Crippen MR) is 86.8 cm³/mol. The van der Waals surface area contributed by atoms with E-state index < -0.39 is 0 Å². The first kappa shape index (κ1) is 14.8. The molecule has 0 atom stereocenters. The van der Waals surface area contributed by atoms with Crippen molar-refractivity contribution in [2.45, 2.75) is 32.7 Å². The van der Waals surface area contributed by atoms with Crippen LogP contribution in [-0.4, -0.2) is 34.1 Å². The maximum atomic E-state index is 12.1. The van der Waals surface area contributed by atoms with E-state index in [4.69, 9.17) is 0 Å². The molecule has 1 aromatic heterocycles. The van der Waals surface area contributed by atoms with Crippen LogP contribution in [0.1, 0.15) is 41.0 Å². The van der Waals surface area contributed by atoms with Crippen LogP contribution in [0.25, 0.3) is 0 Å². The number of hydrogen-bond acceptors (Lipinski definition) is 3. The number of aromatic amines is 1. The van der Waals surface area contributed by atoms with Crippen molar-refractivity contribution in [3.05, 3.63) is 47.3 Å². The Morgan fingerprint density at radius 1 is 1.27 bits per heavy atom. The van der Waals surface area contributed by atoms with Gasteiger partial charge in [0.25, 0.3) is 5.91 Å². The van der Waals surface area contributed by atoms with Crippen LogP contribution in [0.2, 0.25) is 0 Å². The van der Waals surface area contributed by atoms with Gasteiger partial charge in [0.05, 0.1) is 0 Å². The van der Waals surface area contributed by atoms with Crippen molar-refractivity contribution >= 4 is 11.6 Å². The lowest BCUT2D eigenvalue weighted by molar-refractivity contribution is 0.102. The Labute approximate surface area is 130 Å². The number of rotatable bonds is 4. The van der Waals surface area contributed by atoms with E-state index in [1.807, 2.05) is 25.1 Å². The Kier molecular flexibility index (Phi) is 4.53. The van der Waals surface area contributed by atoms with Gasteiger partial charge in [0.1, 0.15) is 0 Å². The van der Waals surface area contributed by atoms with Crippen molar-refractivity contribution in [1.82, 2.24) is 15.1 Å². The Hall–Kier alpha value is -2.14. The number of carbonyl (C=O) groups excluding carboxylic acids is 1. The van der Waals surface area contributed by atoms with Crippen LogP contribution in [0.5, 0.6) is 0 Å². The summed E-state index contributed by atoms with van der Waals surface area (Å²) in [6, 6.07) is 9.81. The Morgan fingerprint density at radius 3 is 2.82 bits per heavy atom. The van der Waals surface area contributed by atoms with Crippen LogP contribution in [0.3, 0.4) is 0 Å². The lowest BCUT2D eigenvalue weighted by atomic mass is 10.1. The highest BCUT2D eigenvalue weighted by molar-refractivity contribution is 6.02. The van der Waals surface area contributed by atoms with Gasteiger partial charge in [0, 0.05) is 17.9 Å². The number of hydrogen-bond donors (Lipinski definition) is 2. The molecule has 2 heterocycles. The molecule has 3 rings (SSSR count). The molecule has 1 aliphatic heterocycles. The molecular formula is C17H22N4O. The molecule has 1 aromatic carbocycles. The smallest absolute Gasteiger partial charge is 0.276 e. The Balaban J connectivity index is 1.64. The number of piperidine rings is 1. The SMILES string of the molecule is Cc1cc(C(=O)Nc2cccc(CN3CCCCC3)c2)n[nH]1. The quantitative estimate of drug-likeness (QED) is 0.912. The van der Waals surface area contributed by atoms with E-state index in [9.17, 15) is 4.79 Å². The van der Waals surface area contributed by atoms with Crippen molar-refractivity contribution in [2.24, 2.45) is 0 Å². The molecule has 1 aliphatic rings. The van der Waals surface area contributed by atoms with Gasteiger partial charge in [-0.15, -0.1) is 0 Å². The minimum atomic E-state index is -0.181. The number of benzene rings is 1. The van der Waals surface area contributed by atoms with E-state index in [0.29, 0.717) is 5.69 Å². The maximum absolute atomic E-state index is 12.1. The van der Waals surface area contributed by atoms with Gasteiger partial charge in [-0.2, -0.15) is 5.10 Å². The standard InChI is InChI=1S/C17H22N4O/c1-13-10-16(20-19-13)17(22)18-15-7-5-6-14(11-15)12-21-8-3-2-4-9-21/h5-7,10-11H,2-4,8-9,12H2,1H3,(H,18,22)(H,19,20). The fourth-order valence-electron chi connectivity index (χ4n) is 2.85. The Morgan fingerprint density at radius 2 is 2.09 bits per heavy atom. The number of H-pyrrole nitrogens is 1. The predicted octanol–water partition coefficient (Wildman–Crippen LogP) is 2.96. The summed E-state index contributed by atoms with van der Waals surface area (Å²) in [5.74, 6) is -0.181. The van der Waals surface area contributed by atoms with Gasteiger partial charge in [0.15, 0.2) is 5.69 Å². The number of aryl methyl sites for hydroxylation is 1. The summed E-state index contributed by atoms with van der Waals surface area (Å²) < 4.78 is 0. The van der Waals surface area contributed by atoms with Crippen molar-refractivity contribution in [3.63, 3.8) is 0 Å². The van der Waals surface area contributed by atoms with Crippen LogP contribution in [0, 0.1) is 6.92 Å². The van der Waals surface area contributed by atoms with E-state index in [2.05, 4.69) is 26.5 Å². The average Bonchev–Trinajstić information content (AvgIpc) is 2.95. The monoisotopic (exact) mass is 298 g/mol. The normalized spacial score (nSPS) is 15.7. The van der Waals surface area contributed by atoms with E-state index >= 15 is 0 Å². The number of amides is 1. The molecule has 5 heteroatoms. The third kappa shape index (κ3) is 3.74. The minimum absolute atomic E-state index is 0.181. The zero-order valence-electron chi connectivity index (χ0n) is 12.9. The molecule has 2 N–H and O–H groups in total. The second-order valence-corrected chi connectivity index (χ2v) is 5.93. The van der Waals surface area contributed by atoms with E-state index in [1.165, 1.54) is 37.9 Å². The van der Waals surface area contributed by atoms with E-state index in [1.54, 1.807) is 6.07 Å². The highest BCUT2D eigenvalue weighted by atomic mass is 16.1. The Bertz CT molecular complexity index is 644. The average molecular weight is 298 g/mol. The number of nitrogens with zero attached hydrogens (tertiary/aromatic N) is 2. The van der Waals surface area contributed by atoms with Gasteiger partial charge in [-0.3, -0.25) is 14.8 Å². The summed E-state index contributed by atoms with van der Waals surface area (Å²) >= 11 is 0. The molecule has 0 unspecified atom stereocenters. The number of likely N-dealkylation sites (tertiary alicyclic amines) is 1. The second kappa shape index (κ2) is 6.75. The zero-order valence-corrected chi connectivity index (χ0v) is 12.9. The summed E-state index contributed by atoms with van der Waals surface area (Å²) in [5.41, 5.74) is 3.35. The first-order chi connectivity index (χ1) is 10.7. The first-order valence-electron chi connectivity index (χ1n) is 7.85. The number of nitrogens with one attached hydrogen (secondary N) is 2. The van der Waals surface area contributed by atoms with Crippen LogP contribution in [-0.2, 0) is 6.54 Å². The highest BCUT2D eigenvalue weighted by Gasteiger charge is 2.12. The van der Waals surface area contributed by atoms with Gasteiger partial charge in [-0.25, -0.2) is 0 Å². The largest absolute Gasteiger partial charge is 0.321 e. The molecule has 116 valence electrons. The third-order valence-electron chi connectivity index (χ3n) is 3.98. The summed E-state index contributed by atoms with van der Waals surface area (Å²) in [7, 11) is 0. The molecular weight excluding hydrogens is 276 g/mol.